The predicted molar refractivity (Wildman–Crippen MR) is 62.4 cm³/mol. The smallest absolute Gasteiger partial charge is 0.184 e. The van der Waals surface area contributed by atoms with Crippen molar-refractivity contribution in [1.82, 2.24) is 15.2 Å². The fourth-order valence-electron chi connectivity index (χ4n) is 1.59. The highest BCUT2D eigenvalue weighted by Gasteiger charge is 2.09. The minimum absolute atomic E-state index is 0.695. The molecule has 4 nitrogen and oxygen atoms in total. The van der Waals surface area contributed by atoms with Crippen LogP contribution in [0.2, 0.25) is 0 Å². The molecule has 0 spiro atoms. The van der Waals surface area contributed by atoms with E-state index in [2.05, 4.69) is 22.1 Å². The summed E-state index contributed by atoms with van der Waals surface area (Å²) in [4.78, 5) is 4.43. The molecular weight excluding hydrogens is 202 g/mol. The lowest BCUT2D eigenvalue weighted by atomic mass is 10.2. The van der Waals surface area contributed by atoms with Crippen LogP contribution in [0, 0.1) is 0 Å². The van der Waals surface area contributed by atoms with Crippen LogP contribution in [0.5, 0.6) is 5.75 Å². The number of hydrogen-bond acceptors (Lipinski definition) is 3. The van der Waals surface area contributed by atoms with E-state index in [4.69, 9.17) is 4.74 Å². The van der Waals surface area contributed by atoms with Crippen molar-refractivity contribution >= 4 is 0 Å². The quantitative estimate of drug-likeness (QED) is 0.855. The second-order valence-corrected chi connectivity index (χ2v) is 3.56. The first kappa shape index (κ1) is 10.7. The van der Waals surface area contributed by atoms with Crippen LogP contribution in [0.25, 0.3) is 11.4 Å². The highest BCUT2D eigenvalue weighted by molar-refractivity contribution is 5.63. The van der Waals surface area contributed by atoms with Crippen LogP contribution >= 0.6 is 0 Å². The topological polar surface area (TPSA) is 50.8 Å². The van der Waals surface area contributed by atoms with Gasteiger partial charge in [0.15, 0.2) is 5.82 Å². The summed E-state index contributed by atoms with van der Waals surface area (Å²) >= 11 is 0. The first-order valence-electron chi connectivity index (χ1n) is 5.39. The number of rotatable bonds is 4. The van der Waals surface area contributed by atoms with Crippen LogP contribution in [0.1, 0.15) is 19.2 Å². The zero-order valence-corrected chi connectivity index (χ0v) is 9.53. The Bertz CT molecular complexity index is 465. The first-order valence-corrected chi connectivity index (χ1v) is 5.39. The second kappa shape index (κ2) is 4.79. The van der Waals surface area contributed by atoms with Crippen molar-refractivity contribution in [3.05, 3.63) is 30.1 Å². The molecule has 16 heavy (non-hydrogen) atoms. The van der Waals surface area contributed by atoms with Gasteiger partial charge in [-0.2, -0.15) is 5.10 Å². The molecule has 1 aromatic heterocycles. The molecule has 0 bridgehead atoms. The average molecular weight is 217 g/mol. The number of aromatic nitrogens is 3. The Morgan fingerprint density at radius 1 is 1.31 bits per heavy atom. The number of nitrogens with one attached hydrogen (secondary N) is 1. The summed E-state index contributed by atoms with van der Waals surface area (Å²) in [5.74, 6) is 2.41. The Hall–Kier alpha value is -1.84. The van der Waals surface area contributed by atoms with Gasteiger partial charge in [-0.25, -0.2) is 4.98 Å². The molecule has 2 rings (SSSR count). The van der Waals surface area contributed by atoms with Crippen molar-refractivity contribution in [3.63, 3.8) is 0 Å². The molecule has 84 valence electrons. The van der Waals surface area contributed by atoms with Crippen LogP contribution < -0.4 is 4.74 Å². The van der Waals surface area contributed by atoms with Gasteiger partial charge in [0, 0.05) is 6.42 Å². The van der Waals surface area contributed by atoms with E-state index in [1.165, 1.54) is 0 Å². The number of para-hydroxylation sites is 1. The lowest BCUT2D eigenvalue weighted by Crippen LogP contribution is -1.89. The summed E-state index contributed by atoms with van der Waals surface area (Å²) in [7, 11) is 1.65. The largest absolute Gasteiger partial charge is 0.496 e. The molecule has 0 aliphatic rings. The summed E-state index contributed by atoms with van der Waals surface area (Å²) < 4.78 is 5.28. The zero-order valence-electron chi connectivity index (χ0n) is 9.53. The van der Waals surface area contributed by atoms with Crippen molar-refractivity contribution in [2.24, 2.45) is 0 Å². The first-order chi connectivity index (χ1) is 7.85. The standard InChI is InChI=1S/C12H15N3O/c1-3-6-11-13-12(15-14-11)9-7-4-5-8-10(9)16-2/h4-5,7-8H,3,6H2,1-2H3,(H,13,14,15). The molecule has 0 aliphatic carbocycles. The summed E-state index contributed by atoms with van der Waals surface area (Å²) in [5.41, 5.74) is 0.920. The Morgan fingerprint density at radius 2 is 2.12 bits per heavy atom. The van der Waals surface area contributed by atoms with E-state index < -0.39 is 0 Å². The number of benzene rings is 1. The van der Waals surface area contributed by atoms with Crippen LogP contribution in [0.15, 0.2) is 24.3 Å². The maximum absolute atomic E-state index is 5.28. The maximum atomic E-state index is 5.28. The van der Waals surface area contributed by atoms with Crippen molar-refractivity contribution < 1.29 is 4.74 Å². The highest BCUT2D eigenvalue weighted by atomic mass is 16.5. The molecule has 0 fully saturated rings. The normalized spacial score (nSPS) is 10.4. The molecule has 0 unspecified atom stereocenters. The van der Waals surface area contributed by atoms with E-state index in [0.717, 1.165) is 30.0 Å². The molecule has 2 aromatic rings. The second-order valence-electron chi connectivity index (χ2n) is 3.56. The Morgan fingerprint density at radius 3 is 2.88 bits per heavy atom. The number of methoxy groups -OCH3 is 1. The van der Waals surface area contributed by atoms with Gasteiger partial charge < -0.3 is 4.74 Å². The molecule has 1 heterocycles. The van der Waals surface area contributed by atoms with Gasteiger partial charge in [-0.3, -0.25) is 5.10 Å². The molecule has 0 saturated carbocycles. The summed E-state index contributed by atoms with van der Waals surface area (Å²) in [6, 6.07) is 7.75. The fraction of sp³-hybridized carbons (Fsp3) is 0.333. The van der Waals surface area contributed by atoms with Gasteiger partial charge in [-0.1, -0.05) is 19.1 Å². The van der Waals surface area contributed by atoms with Crippen molar-refractivity contribution in [1.29, 1.82) is 0 Å². The number of ether oxygens (including phenoxy) is 1. The minimum atomic E-state index is 0.695. The molecule has 0 aliphatic heterocycles. The predicted octanol–water partition coefficient (Wildman–Crippen LogP) is 2.43. The van der Waals surface area contributed by atoms with Gasteiger partial charge in [-0.05, 0) is 18.6 Å². The molecule has 0 saturated heterocycles. The Labute approximate surface area is 94.7 Å². The molecule has 0 radical (unpaired) electrons. The van der Waals surface area contributed by atoms with Crippen molar-refractivity contribution in [2.75, 3.05) is 7.11 Å². The van der Waals surface area contributed by atoms with E-state index in [9.17, 15) is 0 Å². The van der Waals surface area contributed by atoms with E-state index in [-0.39, 0.29) is 0 Å². The van der Waals surface area contributed by atoms with E-state index in [1.807, 2.05) is 24.3 Å². The monoisotopic (exact) mass is 217 g/mol. The third-order valence-electron chi connectivity index (χ3n) is 2.37. The van der Waals surface area contributed by atoms with Crippen molar-refractivity contribution in [2.45, 2.75) is 19.8 Å². The van der Waals surface area contributed by atoms with Crippen LogP contribution in [-0.4, -0.2) is 22.3 Å². The highest BCUT2D eigenvalue weighted by Crippen LogP contribution is 2.26. The fourth-order valence-corrected chi connectivity index (χ4v) is 1.59. The number of aromatic amines is 1. The molecule has 0 atom stereocenters. The zero-order chi connectivity index (χ0) is 11.4. The van der Waals surface area contributed by atoms with Gasteiger partial charge in [0.1, 0.15) is 11.6 Å². The van der Waals surface area contributed by atoms with Gasteiger partial charge in [0.2, 0.25) is 0 Å². The number of aryl methyl sites for hydroxylation is 1. The minimum Gasteiger partial charge on any atom is -0.496 e. The number of hydrogen-bond donors (Lipinski definition) is 1. The summed E-state index contributed by atoms with van der Waals surface area (Å²) in [6.07, 6.45) is 1.97. The molecule has 4 heteroatoms. The lowest BCUT2D eigenvalue weighted by molar-refractivity contribution is 0.416. The van der Waals surface area contributed by atoms with Gasteiger partial charge in [0.05, 0.1) is 12.7 Å². The van der Waals surface area contributed by atoms with Gasteiger partial charge >= 0.3 is 0 Å². The number of H-pyrrole nitrogens is 1. The van der Waals surface area contributed by atoms with Gasteiger partial charge in [-0.15, -0.1) is 0 Å². The Balaban J connectivity index is 2.34. The van der Waals surface area contributed by atoms with Crippen molar-refractivity contribution in [3.8, 4) is 17.1 Å². The molecule has 1 N–H and O–H groups in total. The Kier molecular flexibility index (Phi) is 3.19. The molecule has 1 aromatic carbocycles. The summed E-state index contributed by atoms with van der Waals surface area (Å²) in [5, 5.41) is 7.14. The van der Waals surface area contributed by atoms with E-state index in [1.54, 1.807) is 7.11 Å². The van der Waals surface area contributed by atoms with Crippen LogP contribution in [0.3, 0.4) is 0 Å². The van der Waals surface area contributed by atoms with Gasteiger partial charge in [0.25, 0.3) is 0 Å². The van der Waals surface area contributed by atoms with E-state index >= 15 is 0 Å². The average Bonchev–Trinajstić information content (AvgIpc) is 2.78. The third-order valence-corrected chi connectivity index (χ3v) is 2.37. The third kappa shape index (κ3) is 2.05. The van der Waals surface area contributed by atoms with Crippen LogP contribution in [-0.2, 0) is 6.42 Å². The summed E-state index contributed by atoms with van der Waals surface area (Å²) in [6.45, 7) is 2.12. The van der Waals surface area contributed by atoms with E-state index in [0.29, 0.717) is 5.82 Å². The number of nitrogens with zero attached hydrogens (tertiary/aromatic N) is 2. The SMILES string of the molecule is CCCc1nc(-c2ccccc2OC)n[nH]1. The maximum Gasteiger partial charge on any atom is 0.184 e. The molecular formula is C12H15N3O. The van der Waals surface area contributed by atoms with Crippen LogP contribution in [0.4, 0.5) is 0 Å². The lowest BCUT2D eigenvalue weighted by Gasteiger charge is -2.03. The molecule has 0 amide bonds.